The Morgan fingerprint density at radius 1 is 1.30 bits per heavy atom. The average Bonchev–Trinajstić information content (AvgIpc) is 2.35. The fourth-order valence-electron chi connectivity index (χ4n) is 0.921. The summed E-state index contributed by atoms with van der Waals surface area (Å²) in [6, 6.07) is 0. The van der Waals surface area contributed by atoms with Gasteiger partial charge in [-0.3, -0.25) is 0 Å². The molecular weight excluding hydrogens is 148 g/mol. The lowest BCUT2D eigenvalue weighted by molar-refractivity contribution is -0.147. The van der Waals surface area contributed by atoms with E-state index in [1.165, 1.54) is 0 Å². The Kier molecular flexibility index (Phi) is 1.68. The summed E-state index contributed by atoms with van der Waals surface area (Å²) in [7, 11) is -1.81. The van der Waals surface area contributed by atoms with E-state index in [2.05, 4.69) is 0 Å². The minimum absolute atomic E-state index is 0.152. The molecule has 0 amide bonds. The third-order valence-corrected chi connectivity index (χ3v) is 1.64. The van der Waals surface area contributed by atoms with Gasteiger partial charge in [-0.1, -0.05) is 0 Å². The van der Waals surface area contributed by atoms with Crippen molar-refractivity contribution in [3.8, 4) is 0 Å². The molecule has 1 rings (SSSR count). The van der Waals surface area contributed by atoms with Gasteiger partial charge in [0.05, 0.1) is 5.92 Å². The predicted molar refractivity (Wildman–Crippen MR) is 28.1 cm³/mol. The van der Waals surface area contributed by atoms with Crippen molar-refractivity contribution < 1.29 is 23.2 Å². The molecule has 1 aliphatic rings. The topological polar surface area (TPSA) is 40.5 Å². The molecule has 1 fully saturated rings. The summed E-state index contributed by atoms with van der Waals surface area (Å²) in [5, 5.41) is 16.6. The van der Waals surface area contributed by atoms with E-state index in [4.69, 9.17) is 10.0 Å². The smallest absolute Gasteiger partial charge is 0.427 e. The fourth-order valence-corrected chi connectivity index (χ4v) is 0.921. The summed E-state index contributed by atoms with van der Waals surface area (Å²) in [5.41, 5.74) is 0. The third kappa shape index (κ3) is 1.43. The molecule has 2 N–H and O–H groups in total. The second kappa shape index (κ2) is 2.13. The van der Waals surface area contributed by atoms with Gasteiger partial charge in [0.25, 0.3) is 0 Å². The Morgan fingerprint density at radius 3 is 1.90 bits per heavy atom. The lowest BCUT2D eigenvalue weighted by Crippen LogP contribution is -2.18. The molecule has 2 atom stereocenters. The molecule has 0 aromatic rings. The second-order valence-corrected chi connectivity index (χ2v) is 2.46. The van der Waals surface area contributed by atoms with Crippen molar-refractivity contribution in [3.05, 3.63) is 0 Å². The summed E-state index contributed by atoms with van der Waals surface area (Å²) in [4.78, 5) is 0. The van der Waals surface area contributed by atoms with Crippen molar-refractivity contribution >= 4 is 7.12 Å². The highest BCUT2D eigenvalue weighted by molar-refractivity contribution is 6.44. The van der Waals surface area contributed by atoms with E-state index in [1.54, 1.807) is 0 Å². The van der Waals surface area contributed by atoms with Gasteiger partial charge in [0, 0.05) is 5.82 Å². The molecule has 0 spiro atoms. The highest BCUT2D eigenvalue weighted by atomic mass is 19.4. The van der Waals surface area contributed by atoms with Crippen LogP contribution in [0.3, 0.4) is 0 Å². The second-order valence-electron chi connectivity index (χ2n) is 2.46. The highest BCUT2D eigenvalue weighted by Gasteiger charge is 2.59. The van der Waals surface area contributed by atoms with Gasteiger partial charge < -0.3 is 10.0 Å². The minimum Gasteiger partial charge on any atom is -0.427 e. The standard InChI is InChI=1S/C4H6BF3O2/c6-4(7,8)2-1-3(2)5(9)10/h2-3,9-10H,1H2. The van der Waals surface area contributed by atoms with Crippen LogP contribution in [-0.2, 0) is 0 Å². The van der Waals surface area contributed by atoms with E-state index in [9.17, 15) is 13.2 Å². The van der Waals surface area contributed by atoms with Gasteiger partial charge in [0.2, 0.25) is 0 Å². The SMILES string of the molecule is OB(O)C1CC1C(F)(F)F. The summed E-state index contributed by atoms with van der Waals surface area (Å²) in [5.74, 6) is -2.48. The summed E-state index contributed by atoms with van der Waals surface area (Å²) in [6.45, 7) is 0. The molecule has 58 valence electrons. The quantitative estimate of drug-likeness (QED) is 0.537. The first-order valence-electron chi connectivity index (χ1n) is 2.86. The van der Waals surface area contributed by atoms with E-state index in [1.807, 2.05) is 0 Å². The molecule has 2 nitrogen and oxygen atoms in total. The minimum atomic E-state index is -4.26. The van der Waals surface area contributed by atoms with E-state index in [-0.39, 0.29) is 6.42 Å². The van der Waals surface area contributed by atoms with Crippen molar-refractivity contribution in [1.82, 2.24) is 0 Å². The van der Waals surface area contributed by atoms with E-state index >= 15 is 0 Å². The molecule has 0 aromatic heterocycles. The van der Waals surface area contributed by atoms with Gasteiger partial charge in [-0.2, -0.15) is 13.2 Å². The van der Waals surface area contributed by atoms with Gasteiger partial charge in [-0.15, -0.1) is 0 Å². The van der Waals surface area contributed by atoms with Crippen LogP contribution in [0.25, 0.3) is 0 Å². The van der Waals surface area contributed by atoms with Crippen molar-refractivity contribution in [3.63, 3.8) is 0 Å². The molecule has 1 aliphatic carbocycles. The molecule has 1 saturated carbocycles. The molecule has 6 heteroatoms. The lowest BCUT2D eigenvalue weighted by atomic mass is 9.82. The predicted octanol–water partition coefficient (Wildman–Crippen LogP) is 0.412. The summed E-state index contributed by atoms with van der Waals surface area (Å²) in [6.07, 6.45) is -4.41. The Hall–Kier alpha value is -0.225. The van der Waals surface area contributed by atoms with Crippen molar-refractivity contribution in [2.45, 2.75) is 18.4 Å². The Morgan fingerprint density at radius 2 is 1.80 bits per heavy atom. The van der Waals surface area contributed by atoms with Crippen LogP contribution in [0.1, 0.15) is 6.42 Å². The summed E-state index contributed by atoms with van der Waals surface area (Å²) >= 11 is 0. The van der Waals surface area contributed by atoms with E-state index < -0.39 is 25.0 Å². The van der Waals surface area contributed by atoms with Gasteiger partial charge in [-0.05, 0) is 6.42 Å². The van der Waals surface area contributed by atoms with Crippen molar-refractivity contribution in [1.29, 1.82) is 0 Å². The number of halogens is 3. The first kappa shape index (κ1) is 7.88. The fraction of sp³-hybridized carbons (Fsp3) is 1.00. The maximum absolute atomic E-state index is 11.6. The zero-order valence-corrected chi connectivity index (χ0v) is 4.97. The zero-order valence-electron chi connectivity index (χ0n) is 4.97. The number of rotatable bonds is 1. The first-order chi connectivity index (χ1) is 4.43. The van der Waals surface area contributed by atoms with Crippen LogP contribution in [-0.4, -0.2) is 23.3 Å². The van der Waals surface area contributed by atoms with Crippen LogP contribution in [0, 0.1) is 5.92 Å². The Labute approximate surface area is 55.8 Å². The Balaban J connectivity index is 2.39. The molecule has 0 aromatic carbocycles. The maximum atomic E-state index is 11.6. The molecule has 0 bridgehead atoms. The van der Waals surface area contributed by atoms with Crippen LogP contribution in [0.5, 0.6) is 0 Å². The molecule has 0 radical (unpaired) electrons. The van der Waals surface area contributed by atoms with Gasteiger partial charge in [-0.25, -0.2) is 0 Å². The Bertz CT molecular complexity index is 135. The van der Waals surface area contributed by atoms with E-state index in [0.717, 1.165) is 0 Å². The summed E-state index contributed by atoms with van der Waals surface area (Å²) < 4.78 is 34.9. The first-order valence-corrected chi connectivity index (χ1v) is 2.86. The van der Waals surface area contributed by atoms with Crippen molar-refractivity contribution in [2.75, 3.05) is 0 Å². The van der Waals surface area contributed by atoms with Crippen LogP contribution in [0.2, 0.25) is 5.82 Å². The van der Waals surface area contributed by atoms with E-state index in [0.29, 0.717) is 0 Å². The average molecular weight is 154 g/mol. The third-order valence-electron chi connectivity index (χ3n) is 1.64. The van der Waals surface area contributed by atoms with Gasteiger partial charge >= 0.3 is 13.3 Å². The molecule has 0 aliphatic heterocycles. The van der Waals surface area contributed by atoms with Crippen LogP contribution in [0.15, 0.2) is 0 Å². The van der Waals surface area contributed by atoms with Crippen molar-refractivity contribution in [2.24, 2.45) is 5.92 Å². The van der Waals surface area contributed by atoms with Gasteiger partial charge in [0.15, 0.2) is 0 Å². The highest BCUT2D eigenvalue weighted by Crippen LogP contribution is 2.55. The van der Waals surface area contributed by atoms with Crippen LogP contribution in [0.4, 0.5) is 13.2 Å². The molecule has 10 heavy (non-hydrogen) atoms. The molecule has 0 heterocycles. The normalized spacial score (nSPS) is 32.1. The number of alkyl halides is 3. The van der Waals surface area contributed by atoms with Crippen LogP contribution < -0.4 is 0 Å². The molecular formula is C4H6BF3O2. The molecule has 2 unspecified atom stereocenters. The monoisotopic (exact) mass is 154 g/mol. The number of hydrogen-bond acceptors (Lipinski definition) is 2. The van der Waals surface area contributed by atoms with Crippen LogP contribution >= 0.6 is 0 Å². The maximum Gasteiger partial charge on any atom is 0.455 e. The largest absolute Gasteiger partial charge is 0.455 e. The lowest BCUT2D eigenvalue weighted by Gasteiger charge is -2.03. The van der Waals surface area contributed by atoms with Gasteiger partial charge in [0.1, 0.15) is 0 Å². The zero-order chi connectivity index (χ0) is 7.94. The number of hydrogen-bond donors (Lipinski definition) is 2. The molecule has 0 saturated heterocycles.